The molecule has 0 aliphatic carbocycles. The summed E-state index contributed by atoms with van der Waals surface area (Å²) >= 11 is 1.05. The van der Waals surface area contributed by atoms with Crippen LogP contribution in [0.2, 0.25) is 0 Å². The Kier molecular flexibility index (Phi) is 5.85. The van der Waals surface area contributed by atoms with Gasteiger partial charge in [0.15, 0.2) is 0 Å². The van der Waals surface area contributed by atoms with E-state index >= 15 is 0 Å². The van der Waals surface area contributed by atoms with Crippen molar-refractivity contribution in [1.29, 1.82) is 0 Å². The third-order valence-corrected chi connectivity index (χ3v) is 5.81. The largest absolute Gasteiger partial charge is 0.493 e. The summed E-state index contributed by atoms with van der Waals surface area (Å²) in [7, 11) is 0. The molecule has 2 atom stereocenters. The van der Waals surface area contributed by atoms with Gasteiger partial charge in [0.05, 0.1) is 6.61 Å². The molecular formula is C21H24N2O3S. The van der Waals surface area contributed by atoms with E-state index in [-0.39, 0.29) is 17.1 Å². The number of thioether (sulfide) groups is 1. The number of nitrogens with zero attached hydrogens (tertiary/aromatic N) is 1. The van der Waals surface area contributed by atoms with Gasteiger partial charge in [-0.3, -0.25) is 19.9 Å². The van der Waals surface area contributed by atoms with Crippen LogP contribution in [0.1, 0.15) is 43.5 Å². The number of carbonyl (C=O) groups is 2. The SMILES string of the molecule is CCc1ccc(C(C)COc2ccc(CC3(C)SC(=O)NC3=O)cc2)nc1. The van der Waals surface area contributed by atoms with E-state index in [0.29, 0.717) is 13.0 Å². The summed E-state index contributed by atoms with van der Waals surface area (Å²) < 4.78 is 5.14. The molecule has 1 aliphatic heterocycles. The molecule has 1 fully saturated rings. The minimum atomic E-state index is -0.746. The number of hydrogen-bond acceptors (Lipinski definition) is 5. The van der Waals surface area contributed by atoms with Gasteiger partial charge in [0.2, 0.25) is 5.91 Å². The number of amides is 2. The van der Waals surface area contributed by atoms with E-state index in [2.05, 4.69) is 36.3 Å². The second-order valence-electron chi connectivity index (χ2n) is 7.05. The van der Waals surface area contributed by atoms with Gasteiger partial charge >= 0.3 is 0 Å². The van der Waals surface area contributed by atoms with E-state index in [1.807, 2.05) is 30.5 Å². The average molecular weight is 385 g/mol. The summed E-state index contributed by atoms with van der Waals surface area (Å²) in [6.45, 7) is 6.54. The molecule has 6 heteroatoms. The standard InChI is InChI=1S/C21H24N2O3S/c1-4-15-7-10-18(22-12-15)14(2)13-26-17-8-5-16(6-9-17)11-21(3)19(24)23-20(25)27-21/h5-10,12,14H,4,11,13H2,1-3H3,(H,23,24,25). The van der Waals surface area contributed by atoms with Crippen molar-refractivity contribution in [1.82, 2.24) is 10.3 Å². The second kappa shape index (κ2) is 8.13. The van der Waals surface area contributed by atoms with Crippen molar-refractivity contribution in [2.45, 2.75) is 44.3 Å². The number of carbonyl (C=O) groups excluding carboxylic acids is 2. The molecule has 1 N–H and O–H groups in total. The molecular weight excluding hydrogens is 360 g/mol. The molecule has 2 aromatic rings. The van der Waals surface area contributed by atoms with E-state index in [0.717, 1.165) is 35.2 Å². The van der Waals surface area contributed by atoms with Crippen LogP contribution < -0.4 is 10.1 Å². The van der Waals surface area contributed by atoms with Crippen LogP contribution in [0.25, 0.3) is 0 Å². The first kappa shape index (κ1) is 19.4. The highest BCUT2D eigenvalue weighted by Gasteiger charge is 2.43. The molecule has 0 bridgehead atoms. The van der Waals surface area contributed by atoms with Crippen molar-refractivity contribution in [2.75, 3.05) is 6.61 Å². The Morgan fingerprint density at radius 3 is 2.41 bits per heavy atom. The summed E-state index contributed by atoms with van der Waals surface area (Å²) in [4.78, 5) is 27.9. The first-order valence-corrected chi connectivity index (χ1v) is 9.92. The fourth-order valence-electron chi connectivity index (χ4n) is 2.95. The first-order valence-electron chi connectivity index (χ1n) is 9.10. The lowest BCUT2D eigenvalue weighted by atomic mass is 9.99. The van der Waals surface area contributed by atoms with Gasteiger partial charge in [0.1, 0.15) is 10.5 Å². The predicted molar refractivity (Wildman–Crippen MR) is 107 cm³/mol. The van der Waals surface area contributed by atoms with Crippen LogP contribution in [0.15, 0.2) is 42.6 Å². The molecule has 3 rings (SSSR count). The van der Waals surface area contributed by atoms with E-state index in [1.54, 1.807) is 6.92 Å². The molecule has 0 spiro atoms. The van der Waals surface area contributed by atoms with E-state index in [1.165, 1.54) is 5.56 Å². The molecule has 1 aromatic heterocycles. The van der Waals surface area contributed by atoms with Crippen LogP contribution >= 0.6 is 11.8 Å². The maximum absolute atomic E-state index is 11.9. The average Bonchev–Trinajstić information content (AvgIpc) is 2.92. The number of rotatable bonds is 7. The molecule has 1 saturated heterocycles. The van der Waals surface area contributed by atoms with Gasteiger partial charge in [-0.1, -0.05) is 32.0 Å². The number of ether oxygens (including phenoxy) is 1. The zero-order valence-corrected chi connectivity index (χ0v) is 16.6. The molecule has 2 heterocycles. The summed E-state index contributed by atoms with van der Waals surface area (Å²) in [5.41, 5.74) is 3.24. The molecule has 0 saturated carbocycles. The number of hydrogen-bond donors (Lipinski definition) is 1. The van der Waals surface area contributed by atoms with Crippen molar-refractivity contribution < 1.29 is 14.3 Å². The lowest BCUT2D eigenvalue weighted by Gasteiger charge is -2.18. The number of benzene rings is 1. The van der Waals surface area contributed by atoms with Crippen molar-refractivity contribution in [3.63, 3.8) is 0 Å². The highest BCUT2D eigenvalue weighted by Crippen LogP contribution is 2.35. The van der Waals surface area contributed by atoms with Crippen LogP contribution in [-0.4, -0.2) is 27.5 Å². The topological polar surface area (TPSA) is 68.3 Å². The molecule has 1 aromatic carbocycles. The lowest BCUT2D eigenvalue weighted by molar-refractivity contribution is -0.121. The molecule has 27 heavy (non-hydrogen) atoms. The van der Waals surface area contributed by atoms with Crippen molar-refractivity contribution in [3.05, 3.63) is 59.4 Å². The van der Waals surface area contributed by atoms with Crippen LogP contribution in [0, 0.1) is 0 Å². The maximum atomic E-state index is 11.9. The van der Waals surface area contributed by atoms with Gasteiger partial charge in [-0.05, 0) is 60.9 Å². The molecule has 142 valence electrons. The minimum absolute atomic E-state index is 0.194. The molecule has 1 aliphatic rings. The Labute approximate surface area is 163 Å². The monoisotopic (exact) mass is 384 g/mol. The smallest absolute Gasteiger partial charge is 0.286 e. The van der Waals surface area contributed by atoms with Gasteiger partial charge in [0.25, 0.3) is 5.24 Å². The number of pyridine rings is 1. The summed E-state index contributed by atoms with van der Waals surface area (Å²) in [5.74, 6) is 0.743. The van der Waals surface area contributed by atoms with E-state index in [4.69, 9.17) is 4.74 Å². The number of aromatic nitrogens is 1. The van der Waals surface area contributed by atoms with Gasteiger partial charge < -0.3 is 4.74 Å². The normalized spacial score (nSPS) is 20.4. The molecule has 2 amide bonds. The zero-order chi connectivity index (χ0) is 19.4. The second-order valence-corrected chi connectivity index (χ2v) is 8.53. The fraction of sp³-hybridized carbons (Fsp3) is 0.381. The highest BCUT2D eigenvalue weighted by atomic mass is 32.2. The highest BCUT2D eigenvalue weighted by molar-refractivity contribution is 8.16. The predicted octanol–water partition coefficient (Wildman–Crippen LogP) is 4.11. The van der Waals surface area contributed by atoms with Gasteiger partial charge in [-0.2, -0.15) is 0 Å². The summed E-state index contributed by atoms with van der Waals surface area (Å²) in [6, 6.07) is 11.8. The van der Waals surface area contributed by atoms with E-state index in [9.17, 15) is 9.59 Å². The number of nitrogens with one attached hydrogen (secondary N) is 1. The molecule has 2 unspecified atom stereocenters. The van der Waals surface area contributed by atoms with E-state index < -0.39 is 4.75 Å². The van der Waals surface area contributed by atoms with Gasteiger partial charge in [0, 0.05) is 17.8 Å². The Morgan fingerprint density at radius 1 is 1.15 bits per heavy atom. The quantitative estimate of drug-likeness (QED) is 0.778. The lowest BCUT2D eigenvalue weighted by Crippen LogP contribution is -2.35. The van der Waals surface area contributed by atoms with Crippen molar-refractivity contribution in [3.8, 4) is 5.75 Å². The van der Waals surface area contributed by atoms with Crippen molar-refractivity contribution >= 4 is 22.9 Å². The molecule has 5 nitrogen and oxygen atoms in total. The zero-order valence-electron chi connectivity index (χ0n) is 15.8. The Hall–Kier alpha value is -2.34. The maximum Gasteiger partial charge on any atom is 0.286 e. The van der Waals surface area contributed by atoms with Crippen LogP contribution in [0.5, 0.6) is 5.75 Å². The fourth-order valence-corrected chi connectivity index (χ4v) is 3.89. The Morgan fingerprint density at radius 2 is 1.85 bits per heavy atom. The summed E-state index contributed by atoms with van der Waals surface area (Å²) in [5, 5.41) is 2.07. The third kappa shape index (κ3) is 4.69. The Bertz CT molecular complexity index is 820. The minimum Gasteiger partial charge on any atom is -0.493 e. The van der Waals surface area contributed by atoms with Crippen LogP contribution in [-0.2, 0) is 17.6 Å². The number of imide groups is 1. The molecule has 0 radical (unpaired) electrons. The van der Waals surface area contributed by atoms with Gasteiger partial charge in [-0.15, -0.1) is 0 Å². The first-order chi connectivity index (χ1) is 12.9. The number of aryl methyl sites for hydroxylation is 1. The van der Waals surface area contributed by atoms with Crippen LogP contribution in [0.4, 0.5) is 4.79 Å². The van der Waals surface area contributed by atoms with Crippen LogP contribution in [0.3, 0.4) is 0 Å². The summed E-state index contributed by atoms with van der Waals surface area (Å²) in [6.07, 6.45) is 3.40. The van der Waals surface area contributed by atoms with Gasteiger partial charge in [-0.25, -0.2) is 0 Å². The van der Waals surface area contributed by atoms with Crippen molar-refractivity contribution in [2.24, 2.45) is 0 Å². The third-order valence-electron chi connectivity index (χ3n) is 4.74. The Balaban J connectivity index is 1.56.